The van der Waals surface area contributed by atoms with Crippen molar-refractivity contribution in [3.8, 4) is 0 Å². The van der Waals surface area contributed by atoms with Crippen LogP contribution in [0.3, 0.4) is 0 Å². The van der Waals surface area contributed by atoms with Gasteiger partial charge in [-0.05, 0) is 30.9 Å². The lowest BCUT2D eigenvalue weighted by atomic mass is 9.93. The highest BCUT2D eigenvalue weighted by Gasteiger charge is 2.16. The van der Waals surface area contributed by atoms with Crippen molar-refractivity contribution in [1.29, 1.82) is 0 Å². The van der Waals surface area contributed by atoms with Gasteiger partial charge in [0.15, 0.2) is 0 Å². The van der Waals surface area contributed by atoms with Gasteiger partial charge < -0.3 is 4.81 Å². The summed E-state index contributed by atoms with van der Waals surface area (Å²) in [6, 6.07) is 3.88. The minimum atomic E-state index is 0.737. The second-order valence-electron chi connectivity index (χ2n) is 3.70. The van der Waals surface area contributed by atoms with Crippen molar-refractivity contribution in [2.45, 2.75) is 19.8 Å². The molecule has 1 aromatic rings. The van der Waals surface area contributed by atoms with Crippen LogP contribution in [-0.2, 0) is 6.42 Å². The normalized spacial score (nSPS) is 15.1. The number of aldehydes is 1. The third kappa shape index (κ3) is 1.33. The summed E-state index contributed by atoms with van der Waals surface area (Å²) in [5.74, 6) is 0. The van der Waals surface area contributed by atoms with E-state index in [1.807, 2.05) is 19.1 Å². The average molecular weight is 185 g/mol. The lowest BCUT2D eigenvalue weighted by molar-refractivity contribution is 0.112. The molecule has 1 aliphatic heterocycles. The third-order valence-corrected chi connectivity index (χ3v) is 2.82. The minimum Gasteiger partial charge on any atom is -0.424 e. The predicted molar refractivity (Wildman–Crippen MR) is 58.0 cm³/mol. The summed E-state index contributed by atoms with van der Waals surface area (Å²) >= 11 is 0. The molecule has 0 bridgehead atoms. The highest BCUT2D eigenvalue weighted by molar-refractivity contribution is 6.18. The second-order valence-corrected chi connectivity index (χ2v) is 3.70. The molecule has 0 saturated heterocycles. The van der Waals surface area contributed by atoms with Gasteiger partial charge in [-0.1, -0.05) is 12.1 Å². The maximum absolute atomic E-state index is 10.8. The number of benzene rings is 1. The molecule has 1 heterocycles. The van der Waals surface area contributed by atoms with Gasteiger partial charge in [0, 0.05) is 17.8 Å². The van der Waals surface area contributed by atoms with E-state index in [2.05, 4.69) is 0 Å². The molecule has 0 atom stereocenters. The first-order valence-electron chi connectivity index (χ1n) is 4.84. The molecular weight excluding hydrogens is 173 g/mol. The van der Waals surface area contributed by atoms with Crippen LogP contribution in [0.2, 0.25) is 0 Å². The Morgan fingerprint density at radius 3 is 3.00 bits per heavy atom. The highest BCUT2D eigenvalue weighted by atomic mass is 16.1. The summed E-state index contributed by atoms with van der Waals surface area (Å²) in [5.41, 5.74) is 4.03. The topological polar surface area (TPSA) is 20.3 Å². The van der Waals surface area contributed by atoms with E-state index in [-0.39, 0.29) is 0 Å². The molecule has 0 saturated carbocycles. The molecular formula is C11H12BNO. The minimum absolute atomic E-state index is 0.737. The zero-order valence-electron chi connectivity index (χ0n) is 8.29. The Bertz CT molecular complexity index is 376. The maximum atomic E-state index is 10.8. The average Bonchev–Trinajstić information content (AvgIpc) is 2.18. The van der Waals surface area contributed by atoms with Crippen LogP contribution in [0.15, 0.2) is 12.1 Å². The van der Waals surface area contributed by atoms with Crippen LogP contribution in [0.1, 0.15) is 27.9 Å². The van der Waals surface area contributed by atoms with Crippen molar-refractivity contribution >= 4 is 20.0 Å². The maximum Gasteiger partial charge on any atom is 0.226 e. The van der Waals surface area contributed by atoms with Gasteiger partial charge >= 0.3 is 0 Å². The number of aryl methyl sites for hydroxylation is 1. The molecule has 2 nitrogen and oxygen atoms in total. The number of carbonyl (C=O) groups is 1. The summed E-state index contributed by atoms with van der Waals surface area (Å²) in [7, 11) is 5.89. The van der Waals surface area contributed by atoms with E-state index in [0.29, 0.717) is 0 Å². The Morgan fingerprint density at radius 2 is 2.29 bits per heavy atom. The van der Waals surface area contributed by atoms with Crippen molar-refractivity contribution in [1.82, 2.24) is 0 Å². The Kier molecular flexibility index (Phi) is 2.32. The fourth-order valence-corrected chi connectivity index (χ4v) is 2.05. The van der Waals surface area contributed by atoms with Gasteiger partial charge in [0.2, 0.25) is 7.98 Å². The van der Waals surface area contributed by atoms with Crippen LogP contribution in [0.5, 0.6) is 0 Å². The van der Waals surface area contributed by atoms with Crippen molar-refractivity contribution in [2.75, 3.05) is 11.4 Å². The first-order valence-corrected chi connectivity index (χ1v) is 4.84. The largest absolute Gasteiger partial charge is 0.424 e. The number of anilines is 1. The molecule has 1 aliphatic rings. The Hall–Kier alpha value is -1.25. The number of nitrogens with zero attached hydrogens (tertiary/aromatic N) is 1. The summed E-state index contributed by atoms with van der Waals surface area (Å²) in [4.78, 5) is 12.5. The first-order chi connectivity index (χ1) is 6.74. The van der Waals surface area contributed by atoms with E-state index in [1.165, 1.54) is 5.56 Å². The molecule has 0 amide bonds. The zero-order chi connectivity index (χ0) is 10.1. The van der Waals surface area contributed by atoms with E-state index in [9.17, 15) is 4.79 Å². The molecule has 1 aromatic carbocycles. The monoisotopic (exact) mass is 185 g/mol. The smallest absolute Gasteiger partial charge is 0.226 e. The fraction of sp³-hybridized carbons (Fsp3) is 0.364. The summed E-state index contributed by atoms with van der Waals surface area (Å²) in [6.07, 6.45) is 3.03. The lowest BCUT2D eigenvalue weighted by Gasteiger charge is -2.30. The molecule has 0 N–H and O–H groups in total. The van der Waals surface area contributed by atoms with Crippen LogP contribution in [0, 0.1) is 6.92 Å². The van der Waals surface area contributed by atoms with Crippen molar-refractivity contribution in [3.63, 3.8) is 0 Å². The van der Waals surface area contributed by atoms with E-state index in [4.69, 9.17) is 7.98 Å². The summed E-state index contributed by atoms with van der Waals surface area (Å²) < 4.78 is 0. The van der Waals surface area contributed by atoms with Crippen LogP contribution >= 0.6 is 0 Å². The molecule has 0 fully saturated rings. The number of rotatable bonds is 1. The van der Waals surface area contributed by atoms with Crippen LogP contribution in [0.25, 0.3) is 0 Å². The fourth-order valence-electron chi connectivity index (χ4n) is 2.05. The molecule has 0 aromatic heterocycles. The predicted octanol–water partition coefficient (Wildman–Crippen LogP) is 1.64. The Balaban J connectivity index is 2.59. The van der Waals surface area contributed by atoms with Crippen LogP contribution in [-0.4, -0.2) is 20.8 Å². The lowest BCUT2D eigenvalue weighted by Crippen LogP contribution is -2.27. The van der Waals surface area contributed by atoms with Crippen molar-refractivity contribution < 1.29 is 4.79 Å². The van der Waals surface area contributed by atoms with E-state index >= 15 is 0 Å². The van der Waals surface area contributed by atoms with Gasteiger partial charge in [-0.2, -0.15) is 0 Å². The molecule has 0 aliphatic carbocycles. The quantitative estimate of drug-likeness (QED) is 0.489. The molecule has 2 radical (unpaired) electrons. The highest BCUT2D eigenvalue weighted by Crippen LogP contribution is 2.30. The summed E-state index contributed by atoms with van der Waals surface area (Å²) in [6.45, 7) is 2.82. The molecule has 0 spiro atoms. The number of carbonyl (C=O) groups excluding carboxylic acids is 1. The van der Waals surface area contributed by atoms with E-state index in [0.717, 1.165) is 42.5 Å². The Morgan fingerprint density at radius 1 is 1.50 bits per heavy atom. The Labute approximate surface area is 85.3 Å². The van der Waals surface area contributed by atoms with Gasteiger partial charge in [0.1, 0.15) is 6.29 Å². The first kappa shape index (κ1) is 9.32. The van der Waals surface area contributed by atoms with Gasteiger partial charge in [-0.3, -0.25) is 4.79 Å². The second kappa shape index (κ2) is 3.48. The van der Waals surface area contributed by atoms with Gasteiger partial charge in [-0.25, -0.2) is 0 Å². The standard InChI is InChI=1S/C11H12BNO/c1-8-10(7-14)5-4-9-3-2-6-13(12)11(8)9/h4-5,7H,2-3,6H2,1H3. The SMILES string of the molecule is [B]N1CCCc2ccc(C=O)c(C)c21. The van der Waals surface area contributed by atoms with Gasteiger partial charge in [-0.15, -0.1) is 0 Å². The molecule has 0 unspecified atom stereocenters. The molecule has 2 rings (SSSR count). The number of fused-ring (bicyclic) bond motifs is 1. The van der Waals surface area contributed by atoms with Gasteiger partial charge in [0.25, 0.3) is 0 Å². The summed E-state index contributed by atoms with van der Waals surface area (Å²) in [5, 5.41) is 0. The van der Waals surface area contributed by atoms with E-state index < -0.39 is 0 Å². The van der Waals surface area contributed by atoms with Gasteiger partial charge in [0.05, 0.1) is 0 Å². The zero-order valence-corrected chi connectivity index (χ0v) is 8.29. The van der Waals surface area contributed by atoms with Crippen molar-refractivity contribution in [2.24, 2.45) is 0 Å². The molecule has 14 heavy (non-hydrogen) atoms. The molecule has 70 valence electrons. The van der Waals surface area contributed by atoms with Crippen LogP contribution < -0.4 is 4.81 Å². The number of hydrogen-bond acceptors (Lipinski definition) is 2. The van der Waals surface area contributed by atoms with Crippen molar-refractivity contribution in [3.05, 3.63) is 28.8 Å². The third-order valence-electron chi connectivity index (χ3n) is 2.82. The molecule has 3 heteroatoms. The number of hydrogen-bond donors (Lipinski definition) is 0. The van der Waals surface area contributed by atoms with Crippen LogP contribution in [0.4, 0.5) is 5.69 Å². The van der Waals surface area contributed by atoms with E-state index in [1.54, 1.807) is 4.81 Å².